The summed E-state index contributed by atoms with van der Waals surface area (Å²) >= 11 is 2.08. The SMILES string of the molecule is COc1cccc2c1[C@]1(C)CC[C@H]3C(C)(C)CCC[C@]3(C)[C@H]1CS2. The lowest BCUT2D eigenvalue weighted by atomic mass is 9.43. The fourth-order valence-corrected chi connectivity index (χ4v) is 8.61. The standard InChI is InChI=1S/C22H32OS/c1-20(2)11-7-12-21(3)17(20)10-13-22(4)18(21)14-24-16-9-6-8-15(23-5)19(16)22/h6,8-9,17-18H,7,10-14H2,1-5H3/t17-,18+,21-,22+/m0/s1. The van der Waals surface area contributed by atoms with Gasteiger partial charge in [0.15, 0.2) is 0 Å². The highest BCUT2D eigenvalue weighted by Gasteiger charge is 2.60. The molecule has 2 saturated carbocycles. The average molecular weight is 345 g/mol. The van der Waals surface area contributed by atoms with Crippen LogP contribution in [0.1, 0.15) is 65.4 Å². The molecular weight excluding hydrogens is 312 g/mol. The van der Waals surface area contributed by atoms with Crippen molar-refractivity contribution >= 4 is 11.8 Å². The number of methoxy groups -OCH3 is 1. The number of hydrogen-bond acceptors (Lipinski definition) is 2. The van der Waals surface area contributed by atoms with Gasteiger partial charge in [-0.3, -0.25) is 0 Å². The molecule has 0 bridgehead atoms. The quantitative estimate of drug-likeness (QED) is 0.591. The van der Waals surface area contributed by atoms with Gasteiger partial charge in [-0.05, 0) is 60.5 Å². The third-order valence-corrected chi connectivity index (χ3v) is 9.13. The molecule has 0 saturated heterocycles. The van der Waals surface area contributed by atoms with Crippen LogP contribution in [0.4, 0.5) is 0 Å². The minimum absolute atomic E-state index is 0.270. The first kappa shape index (κ1) is 16.8. The summed E-state index contributed by atoms with van der Waals surface area (Å²) in [6.07, 6.45) is 6.90. The molecule has 3 aliphatic rings. The van der Waals surface area contributed by atoms with Crippen molar-refractivity contribution in [3.63, 3.8) is 0 Å². The summed E-state index contributed by atoms with van der Waals surface area (Å²) in [6, 6.07) is 6.64. The molecule has 132 valence electrons. The Bertz CT molecular complexity index is 637. The predicted molar refractivity (Wildman–Crippen MR) is 103 cm³/mol. The molecule has 0 amide bonds. The van der Waals surface area contributed by atoms with Crippen molar-refractivity contribution in [3.8, 4) is 5.75 Å². The lowest BCUT2D eigenvalue weighted by Gasteiger charge is -2.64. The van der Waals surface area contributed by atoms with Gasteiger partial charge in [0, 0.05) is 21.6 Å². The van der Waals surface area contributed by atoms with E-state index in [4.69, 9.17) is 4.74 Å². The first-order chi connectivity index (χ1) is 11.3. The number of rotatable bonds is 1. The van der Waals surface area contributed by atoms with Gasteiger partial charge < -0.3 is 4.74 Å². The van der Waals surface area contributed by atoms with E-state index in [0.29, 0.717) is 10.8 Å². The van der Waals surface area contributed by atoms with E-state index in [9.17, 15) is 0 Å². The highest BCUT2D eigenvalue weighted by Crippen LogP contribution is 2.67. The summed E-state index contributed by atoms with van der Waals surface area (Å²) in [5.41, 5.74) is 2.75. The zero-order valence-corrected chi connectivity index (χ0v) is 16.8. The summed E-state index contributed by atoms with van der Waals surface area (Å²) in [6.45, 7) is 10.2. The second-order valence-electron chi connectivity index (χ2n) is 9.55. The molecule has 0 spiro atoms. The maximum absolute atomic E-state index is 5.82. The van der Waals surface area contributed by atoms with Crippen molar-refractivity contribution in [1.82, 2.24) is 0 Å². The first-order valence-electron chi connectivity index (χ1n) is 9.63. The van der Waals surface area contributed by atoms with E-state index in [1.807, 2.05) is 7.11 Å². The summed E-state index contributed by atoms with van der Waals surface area (Å²) in [5.74, 6) is 4.02. The third kappa shape index (κ3) is 2.14. The molecule has 4 atom stereocenters. The van der Waals surface area contributed by atoms with Gasteiger partial charge in [0.2, 0.25) is 0 Å². The zero-order chi connectivity index (χ0) is 17.2. The van der Waals surface area contributed by atoms with Crippen LogP contribution in [0.5, 0.6) is 5.75 Å². The largest absolute Gasteiger partial charge is 0.496 e. The number of benzene rings is 1. The molecule has 1 aromatic rings. The highest BCUT2D eigenvalue weighted by molar-refractivity contribution is 7.99. The normalized spacial score (nSPS) is 40.2. The minimum Gasteiger partial charge on any atom is -0.496 e. The van der Waals surface area contributed by atoms with Crippen LogP contribution in [-0.2, 0) is 5.41 Å². The van der Waals surface area contributed by atoms with Gasteiger partial charge in [-0.15, -0.1) is 11.8 Å². The van der Waals surface area contributed by atoms with E-state index >= 15 is 0 Å². The van der Waals surface area contributed by atoms with Crippen molar-refractivity contribution in [3.05, 3.63) is 23.8 Å². The zero-order valence-electron chi connectivity index (χ0n) is 15.9. The Balaban J connectivity index is 1.84. The van der Waals surface area contributed by atoms with Crippen LogP contribution in [0.15, 0.2) is 23.1 Å². The second kappa shape index (κ2) is 5.43. The van der Waals surface area contributed by atoms with Gasteiger partial charge in [-0.25, -0.2) is 0 Å². The van der Waals surface area contributed by atoms with Gasteiger partial charge in [0.1, 0.15) is 5.75 Å². The highest BCUT2D eigenvalue weighted by atomic mass is 32.2. The van der Waals surface area contributed by atoms with Gasteiger partial charge in [0.25, 0.3) is 0 Å². The summed E-state index contributed by atoms with van der Waals surface area (Å²) < 4.78 is 5.82. The molecule has 2 heteroatoms. The van der Waals surface area contributed by atoms with Gasteiger partial charge in [-0.2, -0.15) is 0 Å². The molecule has 1 heterocycles. The van der Waals surface area contributed by atoms with Crippen LogP contribution in [0, 0.1) is 22.7 Å². The summed E-state index contributed by atoms with van der Waals surface area (Å²) in [4.78, 5) is 1.46. The second-order valence-corrected chi connectivity index (χ2v) is 10.6. The summed E-state index contributed by atoms with van der Waals surface area (Å²) in [7, 11) is 1.84. The molecule has 0 unspecified atom stereocenters. The van der Waals surface area contributed by atoms with Crippen molar-refractivity contribution in [2.45, 2.75) is 70.1 Å². The minimum atomic E-state index is 0.270. The summed E-state index contributed by atoms with van der Waals surface area (Å²) in [5, 5.41) is 0. The van der Waals surface area contributed by atoms with Crippen molar-refractivity contribution < 1.29 is 4.74 Å². The molecule has 1 aliphatic heterocycles. The Kier molecular flexibility index (Phi) is 3.81. The number of hydrogen-bond donors (Lipinski definition) is 0. The van der Waals surface area contributed by atoms with E-state index < -0.39 is 0 Å². The first-order valence-corrected chi connectivity index (χ1v) is 10.6. The van der Waals surface area contributed by atoms with Crippen molar-refractivity contribution in [2.24, 2.45) is 22.7 Å². The molecule has 2 aliphatic carbocycles. The van der Waals surface area contributed by atoms with E-state index in [1.54, 1.807) is 0 Å². The Labute approximate surface area is 151 Å². The molecule has 0 radical (unpaired) electrons. The molecule has 0 aromatic heterocycles. The molecule has 0 N–H and O–H groups in total. The average Bonchev–Trinajstić information content (AvgIpc) is 2.53. The Hall–Kier alpha value is -0.630. The topological polar surface area (TPSA) is 9.23 Å². The molecule has 1 nitrogen and oxygen atoms in total. The molecule has 24 heavy (non-hydrogen) atoms. The lowest BCUT2D eigenvalue weighted by molar-refractivity contribution is -0.0976. The van der Waals surface area contributed by atoms with E-state index in [-0.39, 0.29) is 5.41 Å². The fraction of sp³-hybridized carbons (Fsp3) is 0.727. The van der Waals surface area contributed by atoms with Gasteiger partial charge in [-0.1, -0.05) is 40.2 Å². The van der Waals surface area contributed by atoms with Crippen LogP contribution >= 0.6 is 11.8 Å². The number of thioether (sulfide) groups is 1. The molecule has 2 fully saturated rings. The van der Waals surface area contributed by atoms with Crippen LogP contribution in [0.25, 0.3) is 0 Å². The van der Waals surface area contributed by atoms with Crippen molar-refractivity contribution in [1.29, 1.82) is 0 Å². The van der Waals surface area contributed by atoms with Gasteiger partial charge in [0.05, 0.1) is 7.11 Å². The van der Waals surface area contributed by atoms with Crippen LogP contribution in [0.3, 0.4) is 0 Å². The molecule has 1 aromatic carbocycles. The van der Waals surface area contributed by atoms with Crippen molar-refractivity contribution in [2.75, 3.05) is 12.9 Å². The Morgan fingerprint density at radius 3 is 2.58 bits per heavy atom. The van der Waals surface area contributed by atoms with E-state index in [0.717, 1.165) is 17.6 Å². The maximum Gasteiger partial charge on any atom is 0.123 e. The predicted octanol–water partition coefficient (Wildman–Crippen LogP) is 6.30. The number of ether oxygens (including phenoxy) is 1. The lowest BCUT2D eigenvalue weighted by Crippen LogP contribution is -2.58. The van der Waals surface area contributed by atoms with Crippen LogP contribution < -0.4 is 4.74 Å². The van der Waals surface area contributed by atoms with Gasteiger partial charge >= 0.3 is 0 Å². The Morgan fingerprint density at radius 1 is 1.04 bits per heavy atom. The monoisotopic (exact) mass is 344 g/mol. The fourth-order valence-electron chi connectivity index (χ4n) is 6.86. The van der Waals surface area contributed by atoms with Crippen LogP contribution in [-0.4, -0.2) is 12.9 Å². The maximum atomic E-state index is 5.82. The van der Waals surface area contributed by atoms with E-state index in [2.05, 4.69) is 57.7 Å². The number of fused-ring (bicyclic) bond motifs is 5. The smallest absolute Gasteiger partial charge is 0.123 e. The van der Waals surface area contributed by atoms with Crippen LogP contribution in [0.2, 0.25) is 0 Å². The van der Waals surface area contributed by atoms with E-state index in [1.165, 1.54) is 48.3 Å². The molecule has 4 rings (SSSR count). The third-order valence-electron chi connectivity index (χ3n) is 7.98. The Morgan fingerprint density at radius 2 is 1.83 bits per heavy atom. The molecular formula is C22H32OS.